The van der Waals surface area contributed by atoms with Crippen molar-refractivity contribution in [2.45, 2.75) is 49.9 Å². The average Bonchev–Trinajstić information content (AvgIpc) is 3.30. The number of anilines is 1. The van der Waals surface area contributed by atoms with Gasteiger partial charge >= 0.3 is 12.2 Å². The van der Waals surface area contributed by atoms with Gasteiger partial charge in [-0.25, -0.2) is 18.0 Å². The fourth-order valence-corrected chi connectivity index (χ4v) is 5.09. The van der Waals surface area contributed by atoms with E-state index in [1.807, 2.05) is 37.3 Å². The highest BCUT2D eigenvalue weighted by Crippen LogP contribution is 2.30. The van der Waals surface area contributed by atoms with Crippen molar-refractivity contribution < 1.29 is 32.2 Å². The third-order valence-corrected chi connectivity index (χ3v) is 7.48. The van der Waals surface area contributed by atoms with Crippen LogP contribution in [-0.2, 0) is 37.1 Å². The molecule has 4 rings (SSSR count). The van der Waals surface area contributed by atoms with E-state index in [0.717, 1.165) is 11.1 Å². The number of fused-ring (bicyclic) bond motifs is 1. The van der Waals surface area contributed by atoms with Crippen LogP contribution in [0.1, 0.15) is 30.9 Å². The number of carbonyl (C=O) groups excluding carboxylic acids is 2. The predicted molar refractivity (Wildman–Crippen MR) is 134 cm³/mol. The van der Waals surface area contributed by atoms with E-state index in [4.69, 9.17) is 14.2 Å². The molecule has 36 heavy (non-hydrogen) atoms. The van der Waals surface area contributed by atoms with E-state index in [1.165, 1.54) is 17.2 Å². The first-order chi connectivity index (χ1) is 17.2. The maximum Gasteiger partial charge on any atom is 0.414 e. The van der Waals surface area contributed by atoms with Gasteiger partial charge in [0, 0.05) is 25.9 Å². The zero-order valence-electron chi connectivity index (χ0n) is 20.6. The van der Waals surface area contributed by atoms with Gasteiger partial charge in [-0.05, 0) is 55.5 Å². The summed E-state index contributed by atoms with van der Waals surface area (Å²) < 4.78 is 40.5. The normalized spacial score (nSPS) is 16.9. The Labute approximate surface area is 211 Å². The summed E-state index contributed by atoms with van der Waals surface area (Å²) in [7, 11) is -3.30. The van der Waals surface area contributed by atoms with Crippen LogP contribution in [0.5, 0.6) is 0 Å². The number of nitrogens with zero attached hydrogens (tertiary/aromatic N) is 2. The van der Waals surface area contributed by atoms with E-state index in [0.29, 0.717) is 44.6 Å². The summed E-state index contributed by atoms with van der Waals surface area (Å²) >= 11 is 0. The van der Waals surface area contributed by atoms with Gasteiger partial charge in [0.1, 0.15) is 13.2 Å². The van der Waals surface area contributed by atoms with Crippen LogP contribution in [0.3, 0.4) is 0 Å². The van der Waals surface area contributed by atoms with Gasteiger partial charge < -0.3 is 19.1 Å². The Hall–Kier alpha value is -3.11. The molecule has 0 saturated carbocycles. The Morgan fingerprint density at radius 2 is 1.72 bits per heavy atom. The van der Waals surface area contributed by atoms with Crippen molar-refractivity contribution in [1.82, 2.24) is 4.90 Å². The predicted octanol–water partition coefficient (Wildman–Crippen LogP) is 3.80. The average molecular weight is 517 g/mol. The fourth-order valence-electron chi connectivity index (χ4n) is 4.42. The fraction of sp³-hybridized carbons (Fsp3) is 0.462. The molecule has 0 aromatic heterocycles. The maximum absolute atomic E-state index is 12.6. The minimum Gasteiger partial charge on any atom is -0.446 e. The van der Waals surface area contributed by atoms with Crippen LogP contribution in [-0.4, -0.2) is 70.2 Å². The maximum atomic E-state index is 12.6. The first-order valence-electron chi connectivity index (χ1n) is 12.1. The number of likely N-dealkylation sites (tertiary alicyclic amines) is 1. The van der Waals surface area contributed by atoms with Crippen molar-refractivity contribution >= 4 is 27.7 Å². The Morgan fingerprint density at radius 3 is 2.42 bits per heavy atom. The van der Waals surface area contributed by atoms with Crippen LogP contribution in [0.2, 0.25) is 0 Å². The van der Waals surface area contributed by atoms with Crippen molar-refractivity contribution in [3.63, 3.8) is 0 Å². The van der Waals surface area contributed by atoms with E-state index >= 15 is 0 Å². The summed E-state index contributed by atoms with van der Waals surface area (Å²) in [5, 5.41) is 0. The number of hydrogen-bond acceptors (Lipinski definition) is 7. The zero-order chi connectivity index (χ0) is 25.7. The van der Waals surface area contributed by atoms with Crippen molar-refractivity contribution in [3.8, 4) is 0 Å². The lowest BCUT2D eigenvalue weighted by Gasteiger charge is -2.32. The van der Waals surface area contributed by atoms with Gasteiger partial charge in [-0.1, -0.05) is 30.3 Å². The molecule has 0 N–H and O–H groups in total. The van der Waals surface area contributed by atoms with Crippen LogP contribution in [0.15, 0.2) is 53.4 Å². The molecule has 0 bridgehead atoms. The number of amides is 2. The molecule has 2 aliphatic rings. The first-order valence-corrected chi connectivity index (χ1v) is 14.0. The van der Waals surface area contributed by atoms with Crippen molar-refractivity contribution in [2.24, 2.45) is 0 Å². The van der Waals surface area contributed by atoms with E-state index in [2.05, 4.69) is 0 Å². The monoisotopic (exact) mass is 516 g/mol. The number of carbonyl (C=O) groups is 2. The summed E-state index contributed by atoms with van der Waals surface area (Å²) in [5.41, 5.74) is 2.43. The van der Waals surface area contributed by atoms with Crippen LogP contribution in [0.25, 0.3) is 0 Å². The Balaban J connectivity index is 1.18. The molecule has 2 aromatic rings. The van der Waals surface area contributed by atoms with Crippen LogP contribution < -0.4 is 4.90 Å². The minimum atomic E-state index is -3.30. The molecule has 2 amide bonds. The third-order valence-electron chi connectivity index (χ3n) is 6.37. The van der Waals surface area contributed by atoms with Gasteiger partial charge in [0.15, 0.2) is 9.84 Å². The summed E-state index contributed by atoms with van der Waals surface area (Å²) in [4.78, 5) is 28.4. The van der Waals surface area contributed by atoms with Gasteiger partial charge in [0.2, 0.25) is 0 Å². The Kier molecular flexibility index (Phi) is 8.15. The standard InChI is InChI=1S/C26H32N2O7S/c1-19(17-33-26(30)28-15-10-21-16-23(36(2,31)32)8-9-24(21)28)35-22-11-13-27(14-12-22)25(29)34-18-20-6-4-3-5-7-20/h3-9,16,19,22H,10-15,17-18H2,1-2H3. The van der Waals surface area contributed by atoms with Crippen LogP contribution >= 0.6 is 0 Å². The summed E-state index contributed by atoms with van der Waals surface area (Å²) in [6, 6.07) is 14.3. The third kappa shape index (κ3) is 6.55. The summed E-state index contributed by atoms with van der Waals surface area (Å²) in [6.07, 6.45) is 1.97. The highest BCUT2D eigenvalue weighted by molar-refractivity contribution is 7.90. The number of sulfone groups is 1. The van der Waals surface area contributed by atoms with Gasteiger partial charge in [0.25, 0.3) is 0 Å². The molecular weight excluding hydrogens is 484 g/mol. The lowest BCUT2D eigenvalue weighted by molar-refractivity contribution is -0.0548. The van der Waals surface area contributed by atoms with Crippen molar-refractivity contribution in [2.75, 3.05) is 37.4 Å². The molecule has 1 atom stereocenters. The molecule has 2 aromatic carbocycles. The van der Waals surface area contributed by atoms with Crippen LogP contribution in [0.4, 0.5) is 15.3 Å². The summed E-state index contributed by atoms with van der Waals surface area (Å²) in [6.45, 7) is 3.74. The highest BCUT2D eigenvalue weighted by Gasteiger charge is 2.29. The molecule has 2 aliphatic heterocycles. The van der Waals surface area contributed by atoms with E-state index in [9.17, 15) is 18.0 Å². The summed E-state index contributed by atoms with van der Waals surface area (Å²) in [5.74, 6) is 0. The minimum absolute atomic E-state index is 0.0289. The number of piperidine rings is 1. The van der Waals surface area contributed by atoms with Gasteiger partial charge in [-0.2, -0.15) is 0 Å². The van der Waals surface area contributed by atoms with Crippen LogP contribution in [0, 0.1) is 0 Å². The molecule has 10 heteroatoms. The Bertz CT molecular complexity index is 1180. The number of rotatable bonds is 7. The second-order valence-electron chi connectivity index (χ2n) is 9.21. The molecule has 0 radical (unpaired) electrons. The number of benzene rings is 2. The Morgan fingerprint density at radius 1 is 1.00 bits per heavy atom. The molecular formula is C26H32N2O7S. The first kappa shape index (κ1) is 26.0. The molecule has 0 aliphatic carbocycles. The topological polar surface area (TPSA) is 102 Å². The van der Waals surface area contributed by atoms with E-state index in [-0.39, 0.29) is 36.4 Å². The van der Waals surface area contributed by atoms with Gasteiger partial charge in [0.05, 0.1) is 22.8 Å². The molecule has 194 valence electrons. The SMILES string of the molecule is CC(COC(=O)N1CCc2cc(S(C)(=O)=O)ccc21)OC1CCN(C(=O)OCc2ccccc2)CC1. The quantitative estimate of drug-likeness (QED) is 0.552. The highest BCUT2D eigenvalue weighted by atomic mass is 32.2. The van der Waals surface area contributed by atoms with Crippen molar-refractivity contribution in [1.29, 1.82) is 0 Å². The van der Waals surface area contributed by atoms with E-state index < -0.39 is 15.9 Å². The lowest BCUT2D eigenvalue weighted by atomic mass is 10.1. The molecule has 0 spiro atoms. The van der Waals surface area contributed by atoms with E-state index in [1.54, 1.807) is 17.0 Å². The molecule has 1 saturated heterocycles. The van der Waals surface area contributed by atoms with Gasteiger partial charge in [-0.3, -0.25) is 4.90 Å². The molecule has 2 heterocycles. The number of hydrogen-bond donors (Lipinski definition) is 0. The van der Waals surface area contributed by atoms with Crippen molar-refractivity contribution in [3.05, 3.63) is 59.7 Å². The number of ether oxygens (including phenoxy) is 3. The van der Waals surface area contributed by atoms with Gasteiger partial charge in [-0.15, -0.1) is 0 Å². The largest absolute Gasteiger partial charge is 0.446 e. The lowest BCUT2D eigenvalue weighted by Crippen LogP contribution is -2.42. The zero-order valence-corrected chi connectivity index (χ0v) is 21.4. The second kappa shape index (κ2) is 11.3. The second-order valence-corrected chi connectivity index (χ2v) is 11.2. The molecule has 9 nitrogen and oxygen atoms in total. The smallest absolute Gasteiger partial charge is 0.414 e. The molecule has 1 fully saturated rings. The molecule has 1 unspecified atom stereocenters.